The molecule has 0 amide bonds. The number of hydrogen-bond donors (Lipinski definition) is 1. The lowest BCUT2D eigenvalue weighted by atomic mass is 9.92. The number of aromatic nitrogens is 2. The third-order valence-corrected chi connectivity index (χ3v) is 4.35. The maximum absolute atomic E-state index is 4.75. The van der Waals surface area contributed by atoms with Gasteiger partial charge in [-0.1, -0.05) is 77.3 Å². The van der Waals surface area contributed by atoms with Crippen molar-refractivity contribution in [2.24, 2.45) is 5.92 Å². The van der Waals surface area contributed by atoms with Gasteiger partial charge in [-0.2, -0.15) is 0 Å². The lowest BCUT2D eigenvalue weighted by Gasteiger charge is -2.15. The van der Waals surface area contributed by atoms with Crippen LogP contribution in [0.25, 0.3) is 11.0 Å². The van der Waals surface area contributed by atoms with Gasteiger partial charge < -0.3 is 4.98 Å². The fraction of sp³-hybridized carbons (Fsp3) is 0.632. The van der Waals surface area contributed by atoms with Crippen molar-refractivity contribution in [3.8, 4) is 0 Å². The molecule has 2 rings (SSSR count). The van der Waals surface area contributed by atoms with E-state index in [9.17, 15) is 0 Å². The number of para-hydroxylation sites is 2. The summed E-state index contributed by atoms with van der Waals surface area (Å²) in [6, 6.07) is 8.35. The molecule has 1 heterocycles. The summed E-state index contributed by atoms with van der Waals surface area (Å²) in [4.78, 5) is 8.25. The molecule has 21 heavy (non-hydrogen) atoms. The summed E-state index contributed by atoms with van der Waals surface area (Å²) in [6.45, 7) is 4.57. The average Bonchev–Trinajstić information content (AvgIpc) is 2.89. The van der Waals surface area contributed by atoms with Crippen LogP contribution in [-0.4, -0.2) is 9.97 Å². The van der Waals surface area contributed by atoms with Gasteiger partial charge in [0.05, 0.1) is 11.0 Å². The Balaban J connectivity index is 1.94. The van der Waals surface area contributed by atoms with Crippen LogP contribution in [0, 0.1) is 5.92 Å². The number of imidazole rings is 1. The van der Waals surface area contributed by atoms with E-state index in [0.29, 0.717) is 0 Å². The van der Waals surface area contributed by atoms with Crippen molar-refractivity contribution < 1.29 is 0 Å². The van der Waals surface area contributed by atoms with Crippen molar-refractivity contribution in [3.63, 3.8) is 0 Å². The molecule has 1 aromatic carbocycles. The van der Waals surface area contributed by atoms with Crippen LogP contribution < -0.4 is 0 Å². The van der Waals surface area contributed by atoms with Crippen molar-refractivity contribution in [1.82, 2.24) is 9.97 Å². The van der Waals surface area contributed by atoms with E-state index in [4.69, 9.17) is 4.98 Å². The molecule has 0 aliphatic rings. The standard InChI is InChI=1S/C19H30N2/c1-3-5-7-11-16(12-8-6-4-2)15-19-20-17-13-9-10-14-18(17)21-19/h9-10,13-14,16H,3-8,11-12,15H2,1-2H3,(H,20,21). The molecule has 0 spiro atoms. The van der Waals surface area contributed by atoms with Crippen molar-refractivity contribution >= 4 is 11.0 Å². The first-order chi connectivity index (χ1) is 10.3. The monoisotopic (exact) mass is 286 g/mol. The minimum atomic E-state index is 0.795. The fourth-order valence-electron chi connectivity index (χ4n) is 3.09. The Labute approximate surface area is 129 Å². The first-order valence-corrected chi connectivity index (χ1v) is 8.77. The minimum Gasteiger partial charge on any atom is -0.342 e. The smallest absolute Gasteiger partial charge is 0.107 e. The first kappa shape index (κ1) is 16.1. The summed E-state index contributed by atoms with van der Waals surface area (Å²) in [5.74, 6) is 1.97. The molecule has 1 aromatic heterocycles. The van der Waals surface area contributed by atoms with Crippen LogP contribution in [0.2, 0.25) is 0 Å². The van der Waals surface area contributed by atoms with Crippen LogP contribution in [0.3, 0.4) is 0 Å². The highest BCUT2D eigenvalue weighted by Gasteiger charge is 2.12. The molecule has 0 atom stereocenters. The minimum absolute atomic E-state index is 0.795. The van der Waals surface area contributed by atoms with Crippen LogP contribution in [0.4, 0.5) is 0 Å². The van der Waals surface area contributed by atoms with Gasteiger partial charge in [-0.3, -0.25) is 0 Å². The van der Waals surface area contributed by atoms with E-state index in [-0.39, 0.29) is 0 Å². The van der Waals surface area contributed by atoms with Crippen molar-refractivity contribution in [2.45, 2.75) is 71.6 Å². The van der Waals surface area contributed by atoms with Crippen molar-refractivity contribution in [2.75, 3.05) is 0 Å². The largest absolute Gasteiger partial charge is 0.342 e. The highest BCUT2D eigenvalue weighted by molar-refractivity contribution is 5.74. The Morgan fingerprint density at radius 3 is 2.24 bits per heavy atom. The zero-order valence-corrected chi connectivity index (χ0v) is 13.7. The Bertz CT molecular complexity index is 472. The van der Waals surface area contributed by atoms with Crippen molar-refractivity contribution in [3.05, 3.63) is 30.1 Å². The van der Waals surface area contributed by atoms with E-state index in [0.717, 1.165) is 17.9 Å². The van der Waals surface area contributed by atoms with Gasteiger partial charge in [0.1, 0.15) is 5.82 Å². The first-order valence-electron chi connectivity index (χ1n) is 8.77. The molecule has 0 aliphatic heterocycles. The van der Waals surface area contributed by atoms with Crippen LogP contribution in [-0.2, 0) is 6.42 Å². The molecular formula is C19H30N2. The molecule has 2 heteroatoms. The fourth-order valence-corrected chi connectivity index (χ4v) is 3.09. The molecule has 116 valence electrons. The maximum Gasteiger partial charge on any atom is 0.107 e. The predicted molar refractivity (Wildman–Crippen MR) is 91.6 cm³/mol. The summed E-state index contributed by atoms with van der Waals surface area (Å²) >= 11 is 0. The van der Waals surface area contributed by atoms with Crippen molar-refractivity contribution in [1.29, 1.82) is 0 Å². The molecule has 1 N–H and O–H groups in total. The second-order valence-corrected chi connectivity index (χ2v) is 6.26. The lowest BCUT2D eigenvalue weighted by molar-refractivity contribution is 0.402. The number of nitrogens with one attached hydrogen (secondary N) is 1. The topological polar surface area (TPSA) is 28.7 Å². The molecule has 0 fully saturated rings. The van der Waals surface area contributed by atoms with Crippen LogP contribution in [0.5, 0.6) is 0 Å². The van der Waals surface area contributed by atoms with Crippen LogP contribution in [0.15, 0.2) is 24.3 Å². The van der Waals surface area contributed by atoms with Crippen LogP contribution in [0.1, 0.15) is 71.0 Å². The summed E-state index contributed by atoms with van der Waals surface area (Å²) < 4.78 is 0. The molecule has 0 radical (unpaired) electrons. The van der Waals surface area contributed by atoms with Gasteiger partial charge in [0.15, 0.2) is 0 Å². The highest BCUT2D eigenvalue weighted by Crippen LogP contribution is 2.22. The zero-order chi connectivity index (χ0) is 14.9. The van der Waals surface area contributed by atoms with Gasteiger partial charge in [-0.05, 0) is 18.1 Å². The van der Waals surface area contributed by atoms with Gasteiger partial charge in [0, 0.05) is 6.42 Å². The van der Waals surface area contributed by atoms with Gasteiger partial charge in [-0.25, -0.2) is 4.98 Å². The number of hydrogen-bond acceptors (Lipinski definition) is 1. The number of nitrogens with zero attached hydrogens (tertiary/aromatic N) is 1. The molecule has 0 unspecified atom stereocenters. The number of unbranched alkanes of at least 4 members (excludes halogenated alkanes) is 4. The Kier molecular flexibility index (Phi) is 6.78. The van der Waals surface area contributed by atoms with E-state index in [2.05, 4.69) is 43.1 Å². The van der Waals surface area contributed by atoms with Gasteiger partial charge in [0.25, 0.3) is 0 Å². The zero-order valence-electron chi connectivity index (χ0n) is 13.7. The molecule has 0 saturated heterocycles. The van der Waals surface area contributed by atoms with Crippen LogP contribution >= 0.6 is 0 Å². The van der Waals surface area contributed by atoms with E-state index in [1.165, 1.54) is 62.7 Å². The van der Waals surface area contributed by atoms with E-state index in [1.54, 1.807) is 0 Å². The third kappa shape index (κ3) is 5.18. The van der Waals surface area contributed by atoms with E-state index >= 15 is 0 Å². The number of fused-ring (bicyclic) bond motifs is 1. The van der Waals surface area contributed by atoms with Gasteiger partial charge in [0.2, 0.25) is 0 Å². The predicted octanol–water partition coefficient (Wildman–Crippen LogP) is 5.88. The maximum atomic E-state index is 4.75. The van der Waals surface area contributed by atoms with E-state index in [1.807, 2.05) is 0 Å². The molecule has 0 aliphatic carbocycles. The number of aromatic amines is 1. The SMILES string of the molecule is CCCCCC(CCCCC)Cc1nc2ccccc2[nH]1. The summed E-state index contributed by atoms with van der Waals surface area (Å²) in [5.41, 5.74) is 2.28. The third-order valence-electron chi connectivity index (χ3n) is 4.35. The Hall–Kier alpha value is -1.31. The Morgan fingerprint density at radius 2 is 1.62 bits per heavy atom. The molecule has 2 nitrogen and oxygen atoms in total. The molecule has 0 bridgehead atoms. The number of benzene rings is 1. The summed E-state index contributed by atoms with van der Waals surface area (Å²) in [6.07, 6.45) is 11.9. The molecular weight excluding hydrogens is 256 g/mol. The van der Waals surface area contributed by atoms with Gasteiger partial charge in [-0.15, -0.1) is 0 Å². The molecule has 0 saturated carbocycles. The van der Waals surface area contributed by atoms with E-state index < -0.39 is 0 Å². The highest BCUT2D eigenvalue weighted by atomic mass is 14.9. The van der Waals surface area contributed by atoms with Gasteiger partial charge >= 0.3 is 0 Å². The lowest BCUT2D eigenvalue weighted by Crippen LogP contribution is -2.06. The Morgan fingerprint density at radius 1 is 0.952 bits per heavy atom. The quantitative estimate of drug-likeness (QED) is 0.543. The number of H-pyrrole nitrogens is 1. The summed E-state index contributed by atoms with van der Waals surface area (Å²) in [5, 5.41) is 0. The average molecular weight is 286 g/mol. The number of rotatable bonds is 10. The second-order valence-electron chi connectivity index (χ2n) is 6.26. The normalized spacial score (nSPS) is 11.6. The molecule has 2 aromatic rings. The second kappa shape index (κ2) is 8.86. The summed E-state index contributed by atoms with van der Waals surface area (Å²) in [7, 11) is 0.